The molecule has 0 atom stereocenters. The summed E-state index contributed by atoms with van der Waals surface area (Å²) in [6.45, 7) is 11.6. The third kappa shape index (κ3) is 6.29. The molecule has 0 unspecified atom stereocenters. The SMILES string of the molecule is CC(C)(C)[Si](C)(C)OCCNS(C)(=O)=O. The van der Waals surface area contributed by atoms with Crippen LogP contribution in [0, 0.1) is 0 Å². The van der Waals surface area contributed by atoms with Crippen molar-refractivity contribution < 1.29 is 12.8 Å². The fourth-order valence-electron chi connectivity index (χ4n) is 0.750. The van der Waals surface area contributed by atoms with Crippen LogP contribution in [0.1, 0.15) is 20.8 Å². The first kappa shape index (κ1) is 15.1. The molecule has 0 heterocycles. The van der Waals surface area contributed by atoms with Gasteiger partial charge in [0.25, 0.3) is 0 Å². The van der Waals surface area contributed by atoms with Crippen molar-refractivity contribution in [2.24, 2.45) is 0 Å². The van der Waals surface area contributed by atoms with Crippen LogP contribution in [0.4, 0.5) is 0 Å². The molecule has 0 amide bonds. The highest BCUT2D eigenvalue weighted by atomic mass is 32.2. The topological polar surface area (TPSA) is 55.4 Å². The number of sulfonamides is 1. The molecular formula is C9H23NO3SSi. The van der Waals surface area contributed by atoms with Gasteiger partial charge in [0, 0.05) is 13.2 Å². The van der Waals surface area contributed by atoms with E-state index in [1.807, 2.05) is 0 Å². The number of rotatable bonds is 5. The monoisotopic (exact) mass is 253 g/mol. The fourth-order valence-corrected chi connectivity index (χ4v) is 2.25. The molecule has 6 heteroatoms. The fraction of sp³-hybridized carbons (Fsp3) is 1.00. The average Bonchev–Trinajstić information content (AvgIpc) is 1.94. The van der Waals surface area contributed by atoms with Gasteiger partial charge in [0.15, 0.2) is 8.32 Å². The van der Waals surface area contributed by atoms with E-state index in [1.165, 1.54) is 0 Å². The van der Waals surface area contributed by atoms with Gasteiger partial charge in [-0.05, 0) is 18.1 Å². The van der Waals surface area contributed by atoms with E-state index in [1.54, 1.807) is 0 Å². The summed E-state index contributed by atoms with van der Waals surface area (Å²) < 4.78 is 29.8. The minimum absolute atomic E-state index is 0.165. The van der Waals surface area contributed by atoms with Crippen LogP contribution >= 0.6 is 0 Å². The summed E-state index contributed by atoms with van der Waals surface area (Å²) in [4.78, 5) is 0. The van der Waals surface area contributed by atoms with Crippen molar-refractivity contribution in [3.05, 3.63) is 0 Å². The minimum atomic E-state index is -3.09. The first-order chi connectivity index (χ1) is 6.46. The van der Waals surface area contributed by atoms with Crippen LogP contribution in [0.2, 0.25) is 18.1 Å². The molecule has 0 aromatic heterocycles. The molecule has 15 heavy (non-hydrogen) atoms. The highest BCUT2D eigenvalue weighted by molar-refractivity contribution is 7.88. The Morgan fingerprint density at radius 2 is 1.73 bits per heavy atom. The Morgan fingerprint density at radius 1 is 1.27 bits per heavy atom. The molecule has 4 nitrogen and oxygen atoms in total. The molecular weight excluding hydrogens is 230 g/mol. The van der Waals surface area contributed by atoms with E-state index in [4.69, 9.17) is 4.43 Å². The quantitative estimate of drug-likeness (QED) is 0.597. The maximum Gasteiger partial charge on any atom is 0.208 e. The van der Waals surface area contributed by atoms with Crippen molar-refractivity contribution in [2.45, 2.75) is 38.9 Å². The van der Waals surface area contributed by atoms with Gasteiger partial charge in [0.1, 0.15) is 0 Å². The van der Waals surface area contributed by atoms with Gasteiger partial charge < -0.3 is 4.43 Å². The zero-order chi connectivity index (χ0) is 12.3. The van der Waals surface area contributed by atoms with Gasteiger partial charge in [0.2, 0.25) is 10.0 Å². The standard InChI is InChI=1S/C9H23NO3SSi/c1-9(2,3)15(5,6)13-8-7-10-14(4,11)12/h10H,7-8H2,1-6H3. The van der Waals surface area contributed by atoms with Crippen LogP contribution in [-0.4, -0.2) is 36.1 Å². The van der Waals surface area contributed by atoms with E-state index in [9.17, 15) is 8.42 Å². The van der Waals surface area contributed by atoms with Crippen LogP contribution in [-0.2, 0) is 14.4 Å². The molecule has 0 saturated carbocycles. The van der Waals surface area contributed by atoms with Gasteiger partial charge in [-0.3, -0.25) is 0 Å². The van der Waals surface area contributed by atoms with E-state index >= 15 is 0 Å². The van der Waals surface area contributed by atoms with Crippen LogP contribution < -0.4 is 4.72 Å². The molecule has 0 fully saturated rings. The summed E-state index contributed by atoms with van der Waals surface area (Å²) in [5.74, 6) is 0. The Hall–Kier alpha value is 0.0869. The Balaban J connectivity index is 3.98. The van der Waals surface area contributed by atoms with Crippen LogP contribution in [0.15, 0.2) is 0 Å². The van der Waals surface area contributed by atoms with Gasteiger partial charge in [0.05, 0.1) is 6.26 Å². The van der Waals surface area contributed by atoms with Crippen molar-refractivity contribution in [1.82, 2.24) is 4.72 Å². The summed E-state index contributed by atoms with van der Waals surface area (Å²) in [6.07, 6.45) is 1.15. The molecule has 0 aliphatic rings. The Kier molecular flexibility index (Phi) is 4.97. The van der Waals surface area contributed by atoms with Gasteiger partial charge >= 0.3 is 0 Å². The smallest absolute Gasteiger partial charge is 0.208 e. The molecule has 0 aromatic rings. The third-order valence-corrected chi connectivity index (χ3v) is 8.00. The Labute approximate surface area is 94.6 Å². The van der Waals surface area contributed by atoms with Crippen molar-refractivity contribution in [3.63, 3.8) is 0 Å². The largest absolute Gasteiger partial charge is 0.415 e. The van der Waals surface area contributed by atoms with E-state index < -0.39 is 18.3 Å². The molecule has 0 spiro atoms. The van der Waals surface area contributed by atoms with Crippen molar-refractivity contribution in [3.8, 4) is 0 Å². The van der Waals surface area contributed by atoms with Crippen LogP contribution in [0.3, 0.4) is 0 Å². The van der Waals surface area contributed by atoms with Gasteiger partial charge in [-0.15, -0.1) is 0 Å². The van der Waals surface area contributed by atoms with E-state index in [2.05, 4.69) is 38.6 Å². The molecule has 0 aliphatic carbocycles. The van der Waals surface area contributed by atoms with Crippen molar-refractivity contribution in [2.75, 3.05) is 19.4 Å². The molecule has 0 aliphatic heterocycles. The summed E-state index contributed by atoms with van der Waals surface area (Å²) in [5, 5.41) is 0.165. The first-order valence-corrected chi connectivity index (χ1v) is 9.84. The average molecular weight is 253 g/mol. The second-order valence-electron chi connectivity index (χ2n) is 5.28. The zero-order valence-corrected chi connectivity index (χ0v) is 12.4. The van der Waals surface area contributed by atoms with E-state index in [0.29, 0.717) is 13.2 Å². The van der Waals surface area contributed by atoms with E-state index in [0.717, 1.165) is 6.26 Å². The molecule has 0 rings (SSSR count). The lowest BCUT2D eigenvalue weighted by atomic mass is 10.2. The highest BCUT2D eigenvalue weighted by Gasteiger charge is 2.36. The zero-order valence-electron chi connectivity index (χ0n) is 10.5. The predicted octanol–water partition coefficient (Wildman–Crippen LogP) is 1.56. The molecule has 0 bridgehead atoms. The summed E-state index contributed by atoms with van der Waals surface area (Å²) in [5.41, 5.74) is 0. The normalized spacial score (nSPS) is 14.3. The van der Waals surface area contributed by atoms with Crippen LogP contribution in [0.5, 0.6) is 0 Å². The minimum Gasteiger partial charge on any atom is -0.415 e. The first-order valence-electron chi connectivity index (χ1n) is 5.04. The lowest BCUT2D eigenvalue weighted by Crippen LogP contribution is -2.42. The molecule has 0 radical (unpaired) electrons. The Bertz CT molecular complexity index is 293. The summed E-state index contributed by atoms with van der Waals surface area (Å²) in [6, 6.07) is 0. The van der Waals surface area contributed by atoms with Gasteiger partial charge in [-0.2, -0.15) is 0 Å². The van der Waals surface area contributed by atoms with Crippen molar-refractivity contribution >= 4 is 18.3 Å². The third-order valence-electron chi connectivity index (χ3n) is 2.74. The second kappa shape index (κ2) is 4.95. The molecule has 0 saturated heterocycles. The maximum absolute atomic E-state index is 10.8. The predicted molar refractivity (Wildman–Crippen MR) is 66.0 cm³/mol. The lowest BCUT2D eigenvalue weighted by molar-refractivity contribution is 0.293. The molecule has 1 N–H and O–H groups in total. The molecule has 92 valence electrons. The van der Waals surface area contributed by atoms with E-state index in [-0.39, 0.29) is 5.04 Å². The second-order valence-corrected chi connectivity index (χ2v) is 11.9. The van der Waals surface area contributed by atoms with Crippen LogP contribution in [0.25, 0.3) is 0 Å². The lowest BCUT2D eigenvalue weighted by Gasteiger charge is -2.36. The number of hydrogen-bond donors (Lipinski definition) is 1. The van der Waals surface area contributed by atoms with Gasteiger partial charge in [-0.1, -0.05) is 20.8 Å². The number of nitrogens with one attached hydrogen (secondary N) is 1. The van der Waals surface area contributed by atoms with Crippen molar-refractivity contribution in [1.29, 1.82) is 0 Å². The number of hydrogen-bond acceptors (Lipinski definition) is 3. The maximum atomic E-state index is 10.8. The molecule has 0 aromatic carbocycles. The highest BCUT2D eigenvalue weighted by Crippen LogP contribution is 2.36. The van der Waals surface area contributed by atoms with Gasteiger partial charge in [-0.25, -0.2) is 13.1 Å². The Morgan fingerprint density at radius 3 is 2.07 bits per heavy atom. The summed E-state index contributed by atoms with van der Waals surface area (Å²) >= 11 is 0. The summed E-state index contributed by atoms with van der Waals surface area (Å²) in [7, 11) is -4.83.